The molecular formula is C12H23NO2. The van der Waals surface area contributed by atoms with Gasteiger partial charge in [-0.1, -0.05) is 13.8 Å². The minimum absolute atomic E-state index is 0.363. The summed E-state index contributed by atoms with van der Waals surface area (Å²) in [5, 5.41) is 10.7. The number of hydrogen-bond acceptors (Lipinski definition) is 3. The highest BCUT2D eigenvalue weighted by Gasteiger charge is 2.52. The largest absolute Gasteiger partial charge is 0.388 e. The monoisotopic (exact) mass is 213 g/mol. The van der Waals surface area contributed by atoms with Crippen LogP contribution in [0.4, 0.5) is 0 Å². The fourth-order valence-electron chi connectivity index (χ4n) is 2.79. The van der Waals surface area contributed by atoms with Crippen LogP contribution in [-0.4, -0.2) is 29.5 Å². The van der Waals surface area contributed by atoms with Gasteiger partial charge >= 0.3 is 0 Å². The Morgan fingerprint density at radius 2 is 1.67 bits per heavy atom. The summed E-state index contributed by atoms with van der Waals surface area (Å²) in [5.74, 6) is 0. The van der Waals surface area contributed by atoms with Crippen molar-refractivity contribution in [1.82, 2.24) is 0 Å². The highest BCUT2D eigenvalue weighted by Crippen LogP contribution is 2.46. The Labute approximate surface area is 92.0 Å². The molecule has 2 fully saturated rings. The zero-order valence-corrected chi connectivity index (χ0v) is 9.88. The van der Waals surface area contributed by atoms with Crippen molar-refractivity contribution in [2.45, 2.75) is 57.1 Å². The molecule has 0 aromatic heterocycles. The maximum atomic E-state index is 10.7. The molecule has 3 nitrogen and oxygen atoms in total. The number of aliphatic hydroxyl groups is 1. The van der Waals surface area contributed by atoms with E-state index >= 15 is 0 Å². The van der Waals surface area contributed by atoms with Crippen LogP contribution in [-0.2, 0) is 4.74 Å². The second-order valence-corrected chi connectivity index (χ2v) is 6.15. The quantitative estimate of drug-likeness (QED) is 0.693. The van der Waals surface area contributed by atoms with Gasteiger partial charge in [0.1, 0.15) is 0 Å². The van der Waals surface area contributed by atoms with Crippen molar-refractivity contribution in [3.05, 3.63) is 0 Å². The van der Waals surface area contributed by atoms with Crippen LogP contribution >= 0.6 is 0 Å². The Kier molecular flexibility index (Phi) is 2.61. The van der Waals surface area contributed by atoms with Gasteiger partial charge in [0.05, 0.1) is 17.7 Å². The summed E-state index contributed by atoms with van der Waals surface area (Å²) >= 11 is 0. The SMILES string of the molecule is CC1(C)CCC(O)(C2(N)CCOC2)CC1. The van der Waals surface area contributed by atoms with Crippen molar-refractivity contribution in [2.24, 2.45) is 11.1 Å². The standard InChI is InChI=1S/C12H23NO2/c1-10(2)3-5-12(14,6-4-10)11(13)7-8-15-9-11/h14H,3-9,13H2,1-2H3. The summed E-state index contributed by atoms with van der Waals surface area (Å²) in [4.78, 5) is 0. The third-order valence-electron chi connectivity index (χ3n) is 4.41. The first-order valence-corrected chi connectivity index (χ1v) is 5.96. The molecule has 1 aliphatic heterocycles. The molecule has 1 atom stereocenters. The number of rotatable bonds is 1. The average Bonchev–Trinajstić information content (AvgIpc) is 2.60. The second kappa shape index (κ2) is 3.44. The van der Waals surface area contributed by atoms with Crippen LogP contribution < -0.4 is 5.73 Å². The van der Waals surface area contributed by atoms with Crippen LogP contribution in [0.2, 0.25) is 0 Å². The Balaban J connectivity index is 2.08. The van der Waals surface area contributed by atoms with Crippen molar-refractivity contribution in [1.29, 1.82) is 0 Å². The smallest absolute Gasteiger partial charge is 0.0850 e. The molecule has 1 saturated carbocycles. The first-order valence-electron chi connectivity index (χ1n) is 5.96. The van der Waals surface area contributed by atoms with E-state index < -0.39 is 11.1 Å². The molecule has 1 saturated heterocycles. The molecule has 88 valence electrons. The van der Waals surface area contributed by atoms with Gasteiger partial charge in [-0.3, -0.25) is 0 Å². The molecule has 0 radical (unpaired) electrons. The van der Waals surface area contributed by atoms with E-state index in [1.807, 2.05) is 0 Å². The second-order valence-electron chi connectivity index (χ2n) is 6.15. The molecule has 0 aromatic carbocycles. The minimum atomic E-state index is -0.695. The normalized spacial score (nSPS) is 39.2. The summed E-state index contributed by atoms with van der Waals surface area (Å²) in [6.07, 6.45) is 4.55. The van der Waals surface area contributed by atoms with E-state index in [9.17, 15) is 5.11 Å². The van der Waals surface area contributed by atoms with Gasteiger partial charge in [-0.2, -0.15) is 0 Å². The molecule has 1 aliphatic carbocycles. The van der Waals surface area contributed by atoms with Gasteiger partial charge in [0.25, 0.3) is 0 Å². The highest BCUT2D eigenvalue weighted by atomic mass is 16.5. The highest BCUT2D eigenvalue weighted by molar-refractivity contribution is 5.08. The van der Waals surface area contributed by atoms with Gasteiger partial charge in [-0.15, -0.1) is 0 Å². The topological polar surface area (TPSA) is 55.5 Å². The lowest BCUT2D eigenvalue weighted by atomic mass is 9.64. The molecular weight excluding hydrogens is 190 g/mol. The molecule has 1 heterocycles. The first-order chi connectivity index (χ1) is 6.87. The molecule has 2 rings (SSSR count). The van der Waals surface area contributed by atoms with E-state index in [2.05, 4.69) is 13.8 Å². The number of hydrogen-bond donors (Lipinski definition) is 2. The van der Waals surface area contributed by atoms with Crippen LogP contribution in [0.15, 0.2) is 0 Å². The Morgan fingerprint density at radius 3 is 2.13 bits per heavy atom. The van der Waals surface area contributed by atoms with Crippen molar-refractivity contribution < 1.29 is 9.84 Å². The van der Waals surface area contributed by atoms with E-state index in [1.54, 1.807) is 0 Å². The lowest BCUT2D eigenvalue weighted by Crippen LogP contribution is -2.62. The fourth-order valence-corrected chi connectivity index (χ4v) is 2.79. The van der Waals surface area contributed by atoms with Gasteiger partial charge in [-0.25, -0.2) is 0 Å². The molecule has 3 N–H and O–H groups in total. The molecule has 0 spiro atoms. The Bertz CT molecular complexity index is 234. The maximum absolute atomic E-state index is 10.7. The number of nitrogens with two attached hydrogens (primary N) is 1. The van der Waals surface area contributed by atoms with Gasteiger partial charge in [-0.05, 0) is 37.5 Å². The zero-order valence-electron chi connectivity index (χ0n) is 9.88. The predicted molar refractivity (Wildman–Crippen MR) is 59.6 cm³/mol. The van der Waals surface area contributed by atoms with Crippen LogP contribution in [0, 0.1) is 5.41 Å². The minimum Gasteiger partial charge on any atom is -0.388 e. The van der Waals surface area contributed by atoms with Crippen LogP contribution in [0.3, 0.4) is 0 Å². The lowest BCUT2D eigenvalue weighted by Gasteiger charge is -2.48. The van der Waals surface area contributed by atoms with Gasteiger partial charge in [0.15, 0.2) is 0 Å². The van der Waals surface area contributed by atoms with Crippen molar-refractivity contribution in [3.8, 4) is 0 Å². The van der Waals surface area contributed by atoms with Gasteiger partial charge in [0, 0.05) is 6.61 Å². The summed E-state index contributed by atoms with van der Waals surface area (Å²) < 4.78 is 5.35. The molecule has 0 bridgehead atoms. The molecule has 3 heteroatoms. The van der Waals surface area contributed by atoms with E-state index in [-0.39, 0.29) is 0 Å². The first kappa shape index (κ1) is 11.4. The Morgan fingerprint density at radius 1 is 1.07 bits per heavy atom. The van der Waals surface area contributed by atoms with Crippen LogP contribution in [0.1, 0.15) is 46.0 Å². The zero-order chi connectivity index (χ0) is 11.2. The summed E-state index contributed by atoms with van der Waals surface area (Å²) in [6.45, 7) is 5.74. The van der Waals surface area contributed by atoms with Crippen molar-refractivity contribution >= 4 is 0 Å². The Hall–Kier alpha value is -0.120. The lowest BCUT2D eigenvalue weighted by molar-refractivity contribution is -0.0857. The predicted octanol–water partition coefficient (Wildman–Crippen LogP) is 1.44. The maximum Gasteiger partial charge on any atom is 0.0850 e. The van der Waals surface area contributed by atoms with E-state index in [1.165, 1.54) is 0 Å². The van der Waals surface area contributed by atoms with Gasteiger partial charge in [0.2, 0.25) is 0 Å². The summed E-state index contributed by atoms with van der Waals surface area (Å²) in [5.41, 5.74) is 5.45. The molecule has 1 unspecified atom stereocenters. The van der Waals surface area contributed by atoms with Crippen molar-refractivity contribution in [3.63, 3.8) is 0 Å². The van der Waals surface area contributed by atoms with Crippen LogP contribution in [0.25, 0.3) is 0 Å². The molecule has 0 amide bonds. The summed E-state index contributed by atoms with van der Waals surface area (Å²) in [6, 6.07) is 0. The van der Waals surface area contributed by atoms with Crippen LogP contribution in [0.5, 0.6) is 0 Å². The molecule has 15 heavy (non-hydrogen) atoms. The summed E-state index contributed by atoms with van der Waals surface area (Å²) in [7, 11) is 0. The van der Waals surface area contributed by atoms with E-state index in [4.69, 9.17) is 10.5 Å². The van der Waals surface area contributed by atoms with Gasteiger partial charge < -0.3 is 15.6 Å². The fraction of sp³-hybridized carbons (Fsp3) is 1.00. The molecule has 0 aromatic rings. The third-order valence-corrected chi connectivity index (χ3v) is 4.41. The molecule has 2 aliphatic rings. The third kappa shape index (κ3) is 1.93. The number of ether oxygens (including phenoxy) is 1. The van der Waals surface area contributed by atoms with E-state index in [0.717, 1.165) is 32.1 Å². The van der Waals surface area contributed by atoms with Crippen molar-refractivity contribution in [2.75, 3.05) is 13.2 Å². The van der Waals surface area contributed by atoms with E-state index in [0.29, 0.717) is 18.6 Å². The average molecular weight is 213 g/mol.